The van der Waals surface area contributed by atoms with Gasteiger partial charge in [0.2, 0.25) is 0 Å². The molecule has 2 aromatic heterocycles. The number of imidazole rings is 1. The number of nitrogens with zero attached hydrogens (tertiary/aromatic N) is 3. The van der Waals surface area contributed by atoms with E-state index in [9.17, 15) is 0 Å². The number of fused-ring (bicyclic) bond motifs is 1. The molecule has 2 heterocycles. The third kappa shape index (κ3) is 4.61. The molecule has 0 radical (unpaired) electrons. The molecule has 9 heteroatoms. The Morgan fingerprint density at radius 1 is 0.968 bits per heavy atom. The lowest BCUT2D eigenvalue weighted by atomic mass is 10.1. The van der Waals surface area contributed by atoms with Crippen LogP contribution in [0.5, 0.6) is 0 Å². The topological polar surface area (TPSA) is 72.6 Å². The first kappa shape index (κ1) is 21.8. The van der Waals surface area contributed by atoms with Crippen molar-refractivity contribution in [2.45, 2.75) is 6.54 Å². The van der Waals surface area contributed by atoms with Crippen LogP contribution in [0.15, 0.2) is 67.0 Å². The molecule has 2 aromatic carbocycles. The van der Waals surface area contributed by atoms with Crippen LogP contribution in [-0.4, -0.2) is 14.4 Å². The van der Waals surface area contributed by atoms with Gasteiger partial charge in [-0.25, -0.2) is 10.8 Å². The van der Waals surface area contributed by atoms with E-state index in [1.54, 1.807) is 30.5 Å². The number of hydrogen-bond donors (Lipinski definition) is 2. The lowest BCUT2D eigenvalue weighted by Gasteiger charge is -2.16. The summed E-state index contributed by atoms with van der Waals surface area (Å²) < 4.78 is 1.89. The molecule has 4 rings (SSSR count). The van der Waals surface area contributed by atoms with E-state index in [2.05, 4.69) is 0 Å². The highest BCUT2D eigenvalue weighted by Gasteiger charge is 2.19. The van der Waals surface area contributed by atoms with Crippen molar-refractivity contribution in [1.82, 2.24) is 14.4 Å². The summed E-state index contributed by atoms with van der Waals surface area (Å²) >= 11 is 24.6. The number of pyridine rings is 1. The Kier molecular flexibility index (Phi) is 6.32. The molecule has 31 heavy (non-hydrogen) atoms. The summed E-state index contributed by atoms with van der Waals surface area (Å²) in [5, 5.41) is 3.44. The number of halogens is 4. The Bertz CT molecular complexity index is 1300. The molecule has 0 aliphatic rings. The Balaban J connectivity index is 1.76. The Morgan fingerprint density at radius 2 is 1.77 bits per heavy atom. The van der Waals surface area contributed by atoms with E-state index in [0.717, 1.165) is 11.2 Å². The number of aromatic nitrogens is 2. The van der Waals surface area contributed by atoms with E-state index < -0.39 is 0 Å². The fourth-order valence-electron chi connectivity index (χ4n) is 3.28. The first-order valence-electron chi connectivity index (χ1n) is 9.19. The third-order valence-electron chi connectivity index (χ3n) is 4.64. The maximum Gasteiger partial charge on any atom is 0.137 e. The van der Waals surface area contributed by atoms with Gasteiger partial charge in [0.25, 0.3) is 0 Å². The molecule has 158 valence electrons. The molecule has 4 aromatic rings. The molecule has 0 fully saturated rings. The zero-order valence-corrected chi connectivity index (χ0v) is 19.1. The maximum atomic E-state index is 6.49. The van der Waals surface area contributed by atoms with Gasteiger partial charge in [-0.1, -0.05) is 58.5 Å². The lowest BCUT2D eigenvalue weighted by molar-refractivity contribution is 0.388. The summed E-state index contributed by atoms with van der Waals surface area (Å²) in [6, 6.07) is 16.3. The molecule has 0 aliphatic heterocycles. The normalized spacial score (nSPS) is 11.8. The van der Waals surface area contributed by atoms with Gasteiger partial charge in [0.15, 0.2) is 0 Å². The number of rotatable bonds is 5. The first-order chi connectivity index (χ1) is 14.8. The lowest BCUT2D eigenvalue weighted by Crippen LogP contribution is -2.26. The van der Waals surface area contributed by atoms with Gasteiger partial charge in [0.1, 0.15) is 11.3 Å². The molecular weight excluding hydrogens is 476 g/mol. The summed E-state index contributed by atoms with van der Waals surface area (Å²) in [7, 11) is 0. The van der Waals surface area contributed by atoms with E-state index >= 15 is 0 Å². The number of hydrazine groups is 1. The number of nitrogens with two attached hydrogens (primary N) is 2. The van der Waals surface area contributed by atoms with E-state index in [0.29, 0.717) is 49.3 Å². The predicted molar refractivity (Wildman–Crippen MR) is 129 cm³/mol. The van der Waals surface area contributed by atoms with Gasteiger partial charge in [-0.3, -0.25) is 4.40 Å². The summed E-state index contributed by atoms with van der Waals surface area (Å²) in [5.74, 6) is 6.21. The molecule has 0 atom stereocenters. The van der Waals surface area contributed by atoms with Gasteiger partial charge < -0.3 is 10.7 Å². The highest BCUT2D eigenvalue weighted by atomic mass is 35.5. The van der Waals surface area contributed by atoms with Crippen molar-refractivity contribution in [1.29, 1.82) is 0 Å². The van der Waals surface area contributed by atoms with Crippen molar-refractivity contribution < 1.29 is 0 Å². The number of hydrogen-bond acceptors (Lipinski definition) is 4. The van der Waals surface area contributed by atoms with Crippen molar-refractivity contribution in [2.75, 3.05) is 0 Å². The standard InChI is InChI=1S/C22H17Cl4N5/c23-14-5-6-15(17(25)10-14)21-22(31-8-2-1-3-20(31)29-21)19(27)12-30(28)11-13-4-7-16(24)18(26)9-13/h1-10,12H,11,27-28H2/b19-12-. The van der Waals surface area contributed by atoms with E-state index in [1.807, 2.05) is 40.9 Å². The van der Waals surface area contributed by atoms with Crippen LogP contribution in [0.2, 0.25) is 20.1 Å². The quantitative estimate of drug-likeness (QED) is 0.255. The van der Waals surface area contributed by atoms with E-state index in [1.165, 1.54) is 5.01 Å². The van der Waals surface area contributed by atoms with Crippen molar-refractivity contribution in [3.05, 3.63) is 98.3 Å². The van der Waals surface area contributed by atoms with Gasteiger partial charge in [0, 0.05) is 23.0 Å². The molecular formula is C22H17Cl4N5. The Labute approximate surface area is 199 Å². The van der Waals surface area contributed by atoms with Crippen LogP contribution >= 0.6 is 46.4 Å². The highest BCUT2D eigenvalue weighted by molar-refractivity contribution is 6.42. The average molecular weight is 493 g/mol. The van der Waals surface area contributed by atoms with Crippen LogP contribution in [0.25, 0.3) is 22.6 Å². The van der Waals surface area contributed by atoms with Crippen LogP contribution in [0.4, 0.5) is 0 Å². The van der Waals surface area contributed by atoms with Crippen molar-refractivity contribution >= 4 is 57.7 Å². The SMILES string of the molecule is N/C(=C\N(N)Cc1ccc(Cl)c(Cl)c1)c1c(-c2ccc(Cl)cc2Cl)nc2ccccn12. The Morgan fingerprint density at radius 3 is 2.52 bits per heavy atom. The van der Waals surface area contributed by atoms with Crippen LogP contribution < -0.4 is 11.6 Å². The second-order valence-corrected chi connectivity index (χ2v) is 8.53. The van der Waals surface area contributed by atoms with Crippen LogP contribution in [0.3, 0.4) is 0 Å². The van der Waals surface area contributed by atoms with Gasteiger partial charge in [0.05, 0.1) is 33.0 Å². The molecule has 0 spiro atoms. The first-order valence-corrected chi connectivity index (χ1v) is 10.7. The van der Waals surface area contributed by atoms with Crippen molar-refractivity contribution in [3.8, 4) is 11.3 Å². The summed E-state index contributed by atoms with van der Waals surface area (Å²) in [5.41, 5.74) is 10.5. The molecule has 0 amide bonds. The highest BCUT2D eigenvalue weighted by Crippen LogP contribution is 2.34. The second-order valence-electron chi connectivity index (χ2n) is 6.87. The monoisotopic (exact) mass is 491 g/mol. The fraction of sp³-hybridized carbons (Fsp3) is 0.0455. The minimum atomic E-state index is 0.380. The van der Waals surface area contributed by atoms with Crippen molar-refractivity contribution in [2.24, 2.45) is 11.6 Å². The summed E-state index contributed by atoms with van der Waals surface area (Å²) in [4.78, 5) is 4.73. The molecule has 0 unspecified atom stereocenters. The van der Waals surface area contributed by atoms with Gasteiger partial charge in [-0.15, -0.1) is 0 Å². The van der Waals surface area contributed by atoms with Crippen LogP contribution in [-0.2, 0) is 6.54 Å². The second kappa shape index (κ2) is 8.99. The molecule has 4 N–H and O–H groups in total. The fourth-order valence-corrected chi connectivity index (χ4v) is 4.09. The van der Waals surface area contributed by atoms with Gasteiger partial charge in [-0.2, -0.15) is 0 Å². The minimum absolute atomic E-state index is 0.380. The summed E-state index contributed by atoms with van der Waals surface area (Å²) in [6.45, 7) is 0.380. The third-order valence-corrected chi connectivity index (χ3v) is 5.93. The Hall–Kier alpha value is -2.41. The van der Waals surface area contributed by atoms with Crippen LogP contribution in [0, 0.1) is 0 Å². The predicted octanol–water partition coefficient (Wildman–Crippen LogP) is 6.25. The van der Waals surface area contributed by atoms with E-state index in [-0.39, 0.29) is 0 Å². The molecule has 5 nitrogen and oxygen atoms in total. The zero-order valence-electron chi connectivity index (χ0n) is 16.1. The molecule has 0 saturated heterocycles. The zero-order chi connectivity index (χ0) is 22.1. The molecule has 0 bridgehead atoms. The van der Waals surface area contributed by atoms with Crippen LogP contribution in [0.1, 0.15) is 11.3 Å². The van der Waals surface area contributed by atoms with Gasteiger partial charge in [-0.05, 0) is 48.0 Å². The smallest absolute Gasteiger partial charge is 0.137 e. The van der Waals surface area contributed by atoms with Crippen molar-refractivity contribution in [3.63, 3.8) is 0 Å². The molecule has 0 saturated carbocycles. The maximum absolute atomic E-state index is 6.49. The average Bonchev–Trinajstić information content (AvgIpc) is 3.10. The van der Waals surface area contributed by atoms with Gasteiger partial charge >= 0.3 is 0 Å². The number of benzene rings is 2. The minimum Gasteiger partial charge on any atom is -0.396 e. The van der Waals surface area contributed by atoms with E-state index in [4.69, 9.17) is 63.0 Å². The summed E-state index contributed by atoms with van der Waals surface area (Å²) in [6.07, 6.45) is 3.53. The largest absolute Gasteiger partial charge is 0.396 e. The molecule has 0 aliphatic carbocycles.